The highest BCUT2D eigenvalue weighted by Crippen LogP contribution is 2.05. The molecule has 2 rings (SSSR count). The normalized spacial score (nSPS) is 18.1. The Hall–Kier alpha value is -0.940. The third-order valence-corrected chi connectivity index (χ3v) is 2.69. The molecule has 1 aliphatic rings. The zero-order chi connectivity index (χ0) is 10.3. The molecule has 2 heterocycles. The molecular weight excluding hydrogens is 192 g/mol. The van der Waals surface area contributed by atoms with Crippen molar-refractivity contribution in [3.8, 4) is 0 Å². The minimum Gasteiger partial charge on any atom is -0.381 e. The summed E-state index contributed by atoms with van der Waals surface area (Å²) in [5.41, 5.74) is 0. The van der Waals surface area contributed by atoms with Gasteiger partial charge >= 0.3 is 0 Å². The molecule has 1 saturated heterocycles. The van der Waals surface area contributed by atoms with E-state index in [9.17, 15) is 0 Å². The van der Waals surface area contributed by atoms with Gasteiger partial charge in [-0.1, -0.05) is 5.21 Å². The molecular formula is C10H18N4O. The number of ether oxygens (including phenoxy) is 1. The van der Waals surface area contributed by atoms with Gasteiger partial charge in [-0.05, 0) is 25.8 Å². The summed E-state index contributed by atoms with van der Waals surface area (Å²) in [5, 5.41) is 11.2. The van der Waals surface area contributed by atoms with Crippen LogP contribution in [0.3, 0.4) is 0 Å². The molecule has 0 atom stereocenters. The molecule has 0 aliphatic carbocycles. The fraction of sp³-hybridized carbons (Fsp3) is 0.800. The van der Waals surface area contributed by atoms with Gasteiger partial charge in [0.2, 0.25) is 0 Å². The third kappa shape index (κ3) is 3.60. The molecule has 0 aromatic carbocycles. The molecule has 5 nitrogen and oxygen atoms in total. The fourth-order valence-electron chi connectivity index (χ4n) is 1.80. The Balaban J connectivity index is 1.54. The van der Waals surface area contributed by atoms with Gasteiger partial charge in [0.1, 0.15) is 0 Å². The van der Waals surface area contributed by atoms with Crippen molar-refractivity contribution in [1.82, 2.24) is 20.3 Å². The van der Waals surface area contributed by atoms with Crippen LogP contribution >= 0.6 is 0 Å². The first-order valence-electron chi connectivity index (χ1n) is 5.60. The lowest BCUT2D eigenvalue weighted by Crippen LogP contribution is -2.35. The molecule has 1 N–H and O–H groups in total. The minimum atomic E-state index is 0.648. The highest BCUT2D eigenvalue weighted by atomic mass is 16.5. The zero-order valence-corrected chi connectivity index (χ0v) is 8.93. The number of aryl methyl sites for hydroxylation is 1. The largest absolute Gasteiger partial charge is 0.381 e. The van der Waals surface area contributed by atoms with Crippen molar-refractivity contribution < 1.29 is 4.74 Å². The quantitative estimate of drug-likeness (QED) is 0.716. The first kappa shape index (κ1) is 10.6. The van der Waals surface area contributed by atoms with Gasteiger partial charge in [-0.25, -0.2) is 0 Å². The first-order valence-corrected chi connectivity index (χ1v) is 5.60. The molecule has 0 spiro atoms. The Kier molecular flexibility index (Phi) is 4.11. The van der Waals surface area contributed by atoms with Gasteiger partial charge in [-0.2, -0.15) is 0 Å². The van der Waals surface area contributed by atoms with Crippen molar-refractivity contribution in [2.75, 3.05) is 19.8 Å². The second-order valence-electron chi connectivity index (χ2n) is 3.86. The van der Waals surface area contributed by atoms with Gasteiger partial charge in [0.25, 0.3) is 0 Å². The third-order valence-electron chi connectivity index (χ3n) is 2.69. The van der Waals surface area contributed by atoms with Crippen molar-refractivity contribution in [1.29, 1.82) is 0 Å². The van der Waals surface area contributed by atoms with Crippen LogP contribution in [0, 0.1) is 0 Å². The van der Waals surface area contributed by atoms with Gasteiger partial charge in [0.05, 0.1) is 6.20 Å². The van der Waals surface area contributed by atoms with Gasteiger partial charge < -0.3 is 10.1 Å². The summed E-state index contributed by atoms with van der Waals surface area (Å²) in [6, 6.07) is 0.648. The second-order valence-corrected chi connectivity index (χ2v) is 3.86. The SMILES string of the molecule is c1cn(CCCNC2CCOCC2)nn1. The number of aromatic nitrogens is 3. The van der Waals surface area contributed by atoms with Gasteiger partial charge in [-0.15, -0.1) is 5.10 Å². The Morgan fingerprint density at radius 1 is 1.40 bits per heavy atom. The lowest BCUT2D eigenvalue weighted by molar-refractivity contribution is 0.0779. The predicted octanol–water partition coefficient (Wildman–Crippen LogP) is 0.437. The minimum absolute atomic E-state index is 0.648. The number of nitrogens with one attached hydrogen (secondary N) is 1. The second kappa shape index (κ2) is 5.82. The van der Waals surface area contributed by atoms with Crippen molar-refractivity contribution in [3.05, 3.63) is 12.4 Å². The number of hydrogen-bond acceptors (Lipinski definition) is 4. The maximum Gasteiger partial charge on any atom is 0.0692 e. The van der Waals surface area contributed by atoms with Crippen LogP contribution in [0.2, 0.25) is 0 Å². The Morgan fingerprint density at radius 3 is 3.00 bits per heavy atom. The fourth-order valence-corrected chi connectivity index (χ4v) is 1.80. The lowest BCUT2D eigenvalue weighted by atomic mass is 10.1. The molecule has 0 bridgehead atoms. The Morgan fingerprint density at radius 2 is 2.27 bits per heavy atom. The molecule has 1 fully saturated rings. The summed E-state index contributed by atoms with van der Waals surface area (Å²) in [6.07, 6.45) is 6.99. The summed E-state index contributed by atoms with van der Waals surface area (Å²) >= 11 is 0. The molecule has 84 valence electrons. The highest BCUT2D eigenvalue weighted by molar-refractivity contribution is 4.70. The number of nitrogens with zero attached hydrogens (tertiary/aromatic N) is 3. The van der Waals surface area contributed by atoms with E-state index in [4.69, 9.17) is 4.74 Å². The van der Waals surface area contributed by atoms with Gasteiger partial charge in [-0.3, -0.25) is 4.68 Å². The molecule has 1 aromatic heterocycles. The van der Waals surface area contributed by atoms with E-state index >= 15 is 0 Å². The maximum absolute atomic E-state index is 5.30. The van der Waals surface area contributed by atoms with Crippen LogP contribution in [0.25, 0.3) is 0 Å². The molecule has 0 radical (unpaired) electrons. The first-order chi connectivity index (χ1) is 7.45. The maximum atomic E-state index is 5.30. The van der Waals surface area contributed by atoms with E-state index < -0.39 is 0 Å². The predicted molar refractivity (Wildman–Crippen MR) is 56.5 cm³/mol. The van der Waals surface area contributed by atoms with Crippen molar-refractivity contribution >= 4 is 0 Å². The zero-order valence-electron chi connectivity index (χ0n) is 8.93. The number of hydrogen-bond donors (Lipinski definition) is 1. The van der Waals surface area contributed by atoms with Crippen LogP contribution in [-0.2, 0) is 11.3 Å². The molecule has 5 heteroatoms. The van der Waals surface area contributed by atoms with Crippen LogP contribution in [0.15, 0.2) is 12.4 Å². The van der Waals surface area contributed by atoms with Crippen LogP contribution in [0.4, 0.5) is 0 Å². The van der Waals surface area contributed by atoms with Gasteiger partial charge in [0, 0.05) is 32.0 Å². The van der Waals surface area contributed by atoms with E-state index in [1.165, 1.54) is 0 Å². The van der Waals surface area contributed by atoms with E-state index in [1.54, 1.807) is 6.20 Å². The smallest absolute Gasteiger partial charge is 0.0692 e. The summed E-state index contributed by atoms with van der Waals surface area (Å²) in [7, 11) is 0. The molecule has 15 heavy (non-hydrogen) atoms. The Labute approximate surface area is 89.8 Å². The lowest BCUT2D eigenvalue weighted by Gasteiger charge is -2.23. The molecule has 0 unspecified atom stereocenters. The molecule has 0 amide bonds. The van der Waals surface area contributed by atoms with Crippen molar-refractivity contribution in [3.63, 3.8) is 0 Å². The van der Waals surface area contributed by atoms with Crippen molar-refractivity contribution in [2.24, 2.45) is 0 Å². The van der Waals surface area contributed by atoms with Crippen LogP contribution in [0.1, 0.15) is 19.3 Å². The standard InChI is InChI=1S/C10H18N4O/c1(6-14-7-5-12-13-14)4-11-10-2-8-15-9-3-10/h5,7,10-11H,1-4,6,8-9H2. The van der Waals surface area contributed by atoms with Crippen LogP contribution in [-0.4, -0.2) is 40.8 Å². The van der Waals surface area contributed by atoms with E-state index in [2.05, 4.69) is 15.6 Å². The van der Waals surface area contributed by atoms with E-state index in [-0.39, 0.29) is 0 Å². The molecule has 1 aromatic rings. The summed E-state index contributed by atoms with van der Waals surface area (Å²) in [6.45, 7) is 3.79. The highest BCUT2D eigenvalue weighted by Gasteiger charge is 2.11. The van der Waals surface area contributed by atoms with Gasteiger partial charge in [0.15, 0.2) is 0 Å². The van der Waals surface area contributed by atoms with E-state index in [1.807, 2.05) is 10.9 Å². The summed E-state index contributed by atoms with van der Waals surface area (Å²) in [4.78, 5) is 0. The molecule has 1 aliphatic heterocycles. The summed E-state index contributed by atoms with van der Waals surface area (Å²) < 4.78 is 7.17. The van der Waals surface area contributed by atoms with E-state index in [0.29, 0.717) is 6.04 Å². The van der Waals surface area contributed by atoms with Crippen molar-refractivity contribution in [2.45, 2.75) is 31.8 Å². The summed E-state index contributed by atoms with van der Waals surface area (Å²) in [5.74, 6) is 0. The average Bonchev–Trinajstić information content (AvgIpc) is 2.79. The Bertz CT molecular complexity index is 256. The van der Waals surface area contributed by atoms with E-state index in [0.717, 1.165) is 45.6 Å². The van der Waals surface area contributed by atoms with Crippen LogP contribution in [0.5, 0.6) is 0 Å². The number of rotatable bonds is 5. The monoisotopic (exact) mass is 210 g/mol. The molecule has 0 saturated carbocycles. The topological polar surface area (TPSA) is 52.0 Å². The van der Waals surface area contributed by atoms with Crippen LogP contribution < -0.4 is 5.32 Å². The average molecular weight is 210 g/mol.